The summed E-state index contributed by atoms with van der Waals surface area (Å²) in [5.41, 5.74) is 7.91. The lowest BCUT2D eigenvalue weighted by Gasteiger charge is -1.99. The van der Waals surface area contributed by atoms with Crippen LogP contribution in [0.15, 0.2) is 24.4 Å². The fourth-order valence-electron chi connectivity index (χ4n) is 1.72. The Kier molecular flexibility index (Phi) is 2.50. The summed E-state index contributed by atoms with van der Waals surface area (Å²) in [6.45, 7) is 0.739. The van der Waals surface area contributed by atoms with E-state index in [9.17, 15) is 0 Å². The Labute approximate surface area is 83.5 Å². The number of hydrogen-bond acceptors (Lipinski definition) is 2. The first-order valence-corrected chi connectivity index (χ1v) is 4.92. The van der Waals surface area contributed by atoms with Crippen LogP contribution in [0.4, 0.5) is 0 Å². The van der Waals surface area contributed by atoms with E-state index in [1.807, 2.05) is 17.9 Å². The van der Waals surface area contributed by atoms with Gasteiger partial charge in [0.05, 0.1) is 5.52 Å². The number of nitrogens with two attached hydrogens (primary N) is 1. The molecule has 2 N–H and O–H groups in total. The molecule has 0 saturated carbocycles. The predicted octanol–water partition coefficient (Wildman–Crippen LogP) is 1.46. The van der Waals surface area contributed by atoms with Crippen LogP contribution in [0.1, 0.15) is 12.0 Å². The molecule has 2 rings (SSSR count). The zero-order valence-electron chi connectivity index (χ0n) is 8.40. The Morgan fingerprint density at radius 1 is 1.43 bits per heavy atom. The summed E-state index contributed by atoms with van der Waals surface area (Å²) in [4.78, 5) is 0. The summed E-state index contributed by atoms with van der Waals surface area (Å²) in [6, 6.07) is 6.30. The molecule has 3 nitrogen and oxygen atoms in total. The lowest BCUT2D eigenvalue weighted by Crippen LogP contribution is -2.00. The van der Waals surface area contributed by atoms with Gasteiger partial charge in [-0.3, -0.25) is 4.68 Å². The number of rotatable bonds is 3. The Balaban J connectivity index is 2.42. The largest absolute Gasteiger partial charge is 0.330 e. The SMILES string of the molecule is Cn1cc2cccc(CCCN)c2n1. The summed E-state index contributed by atoms with van der Waals surface area (Å²) in [6.07, 6.45) is 4.09. The van der Waals surface area contributed by atoms with E-state index in [-0.39, 0.29) is 0 Å². The first kappa shape index (κ1) is 9.21. The monoisotopic (exact) mass is 189 g/mol. The van der Waals surface area contributed by atoms with Crippen molar-refractivity contribution in [1.29, 1.82) is 0 Å². The molecule has 0 amide bonds. The van der Waals surface area contributed by atoms with Crippen LogP contribution in [0.2, 0.25) is 0 Å². The van der Waals surface area contributed by atoms with E-state index in [0.29, 0.717) is 0 Å². The van der Waals surface area contributed by atoms with Crippen molar-refractivity contribution < 1.29 is 0 Å². The quantitative estimate of drug-likeness (QED) is 0.794. The van der Waals surface area contributed by atoms with E-state index in [4.69, 9.17) is 5.73 Å². The third-order valence-corrected chi connectivity index (χ3v) is 2.38. The molecule has 0 fully saturated rings. The van der Waals surface area contributed by atoms with E-state index < -0.39 is 0 Å². The molecule has 0 bridgehead atoms. The van der Waals surface area contributed by atoms with Crippen molar-refractivity contribution in [3.8, 4) is 0 Å². The van der Waals surface area contributed by atoms with E-state index in [1.54, 1.807) is 0 Å². The van der Waals surface area contributed by atoms with Crippen LogP contribution in [-0.2, 0) is 13.5 Å². The van der Waals surface area contributed by atoms with Gasteiger partial charge in [-0.2, -0.15) is 5.10 Å². The second kappa shape index (κ2) is 3.80. The first-order chi connectivity index (χ1) is 6.81. The van der Waals surface area contributed by atoms with Crippen LogP contribution < -0.4 is 5.73 Å². The minimum Gasteiger partial charge on any atom is -0.330 e. The number of aryl methyl sites for hydroxylation is 2. The first-order valence-electron chi connectivity index (χ1n) is 4.92. The maximum absolute atomic E-state index is 5.50. The lowest BCUT2D eigenvalue weighted by atomic mass is 10.1. The highest BCUT2D eigenvalue weighted by molar-refractivity contribution is 5.81. The van der Waals surface area contributed by atoms with Crippen LogP contribution in [0.25, 0.3) is 10.9 Å². The van der Waals surface area contributed by atoms with Crippen LogP contribution in [0.3, 0.4) is 0 Å². The molecule has 0 aliphatic carbocycles. The summed E-state index contributed by atoms with van der Waals surface area (Å²) in [7, 11) is 1.95. The van der Waals surface area contributed by atoms with Gasteiger partial charge >= 0.3 is 0 Å². The number of fused-ring (bicyclic) bond motifs is 1. The van der Waals surface area contributed by atoms with Gasteiger partial charge in [0.2, 0.25) is 0 Å². The number of hydrogen-bond donors (Lipinski definition) is 1. The van der Waals surface area contributed by atoms with Gasteiger partial charge in [-0.25, -0.2) is 0 Å². The van der Waals surface area contributed by atoms with Crippen molar-refractivity contribution in [1.82, 2.24) is 9.78 Å². The van der Waals surface area contributed by atoms with Gasteiger partial charge in [0.1, 0.15) is 0 Å². The average Bonchev–Trinajstić information content (AvgIpc) is 2.55. The summed E-state index contributed by atoms with van der Waals surface area (Å²) < 4.78 is 1.86. The van der Waals surface area contributed by atoms with Gasteiger partial charge in [-0.1, -0.05) is 18.2 Å². The smallest absolute Gasteiger partial charge is 0.0955 e. The molecule has 3 heteroatoms. The van der Waals surface area contributed by atoms with Gasteiger partial charge in [-0.15, -0.1) is 0 Å². The number of nitrogens with zero attached hydrogens (tertiary/aromatic N) is 2. The van der Waals surface area contributed by atoms with Crippen LogP contribution in [0.5, 0.6) is 0 Å². The van der Waals surface area contributed by atoms with E-state index in [0.717, 1.165) is 24.9 Å². The van der Waals surface area contributed by atoms with E-state index in [1.165, 1.54) is 10.9 Å². The molecule has 0 radical (unpaired) electrons. The molecule has 1 aromatic heterocycles. The van der Waals surface area contributed by atoms with Crippen molar-refractivity contribution >= 4 is 10.9 Å². The van der Waals surface area contributed by atoms with Gasteiger partial charge in [-0.05, 0) is 24.9 Å². The Morgan fingerprint density at radius 2 is 2.29 bits per heavy atom. The summed E-state index contributed by atoms with van der Waals surface area (Å²) >= 11 is 0. The van der Waals surface area contributed by atoms with Crippen LogP contribution in [-0.4, -0.2) is 16.3 Å². The topological polar surface area (TPSA) is 43.8 Å². The van der Waals surface area contributed by atoms with Gasteiger partial charge in [0.15, 0.2) is 0 Å². The molecule has 74 valence electrons. The zero-order valence-corrected chi connectivity index (χ0v) is 8.40. The minimum atomic E-state index is 0.739. The zero-order chi connectivity index (χ0) is 9.97. The molecule has 14 heavy (non-hydrogen) atoms. The molecule has 0 saturated heterocycles. The highest BCUT2D eigenvalue weighted by Gasteiger charge is 2.03. The molecule has 1 aromatic carbocycles. The summed E-state index contributed by atoms with van der Waals surface area (Å²) in [5, 5.41) is 5.65. The van der Waals surface area contributed by atoms with E-state index >= 15 is 0 Å². The van der Waals surface area contributed by atoms with Gasteiger partial charge in [0.25, 0.3) is 0 Å². The fourth-order valence-corrected chi connectivity index (χ4v) is 1.72. The van der Waals surface area contributed by atoms with Crippen molar-refractivity contribution in [2.45, 2.75) is 12.8 Å². The lowest BCUT2D eigenvalue weighted by molar-refractivity contribution is 0.774. The Hall–Kier alpha value is -1.35. The Bertz CT molecular complexity index is 431. The third kappa shape index (κ3) is 1.63. The highest BCUT2D eigenvalue weighted by atomic mass is 15.2. The second-order valence-corrected chi connectivity index (χ2v) is 3.55. The number of aromatic nitrogens is 2. The Morgan fingerprint density at radius 3 is 3.07 bits per heavy atom. The fraction of sp³-hybridized carbons (Fsp3) is 0.364. The maximum atomic E-state index is 5.50. The molecule has 0 spiro atoms. The molecule has 0 atom stereocenters. The molecule has 0 unspecified atom stereocenters. The molecule has 2 aromatic rings. The standard InChI is InChI=1S/C11H15N3/c1-14-8-10-5-2-4-9(6-3-7-12)11(10)13-14/h2,4-5,8H,3,6-7,12H2,1H3. The molecular formula is C11H15N3. The second-order valence-electron chi connectivity index (χ2n) is 3.55. The number of benzene rings is 1. The molecule has 0 aliphatic rings. The normalized spacial score (nSPS) is 11.0. The van der Waals surface area contributed by atoms with E-state index in [2.05, 4.69) is 23.3 Å². The van der Waals surface area contributed by atoms with Crippen molar-refractivity contribution in [3.63, 3.8) is 0 Å². The highest BCUT2D eigenvalue weighted by Crippen LogP contribution is 2.17. The van der Waals surface area contributed by atoms with Gasteiger partial charge < -0.3 is 5.73 Å². The predicted molar refractivity (Wildman–Crippen MR) is 58.1 cm³/mol. The van der Waals surface area contributed by atoms with Crippen LogP contribution in [0, 0.1) is 0 Å². The third-order valence-electron chi connectivity index (χ3n) is 2.38. The van der Waals surface area contributed by atoms with Gasteiger partial charge in [0, 0.05) is 18.6 Å². The molecular weight excluding hydrogens is 174 g/mol. The minimum absolute atomic E-state index is 0.739. The molecule has 1 heterocycles. The average molecular weight is 189 g/mol. The van der Waals surface area contributed by atoms with Crippen molar-refractivity contribution in [2.24, 2.45) is 12.8 Å². The van der Waals surface area contributed by atoms with Crippen LogP contribution >= 0.6 is 0 Å². The molecule has 0 aliphatic heterocycles. The summed E-state index contributed by atoms with van der Waals surface area (Å²) in [5.74, 6) is 0. The van der Waals surface area contributed by atoms with Crippen molar-refractivity contribution in [2.75, 3.05) is 6.54 Å². The maximum Gasteiger partial charge on any atom is 0.0955 e. The van der Waals surface area contributed by atoms with Crippen molar-refractivity contribution in [3.05, 3.63) is 30.0 Å².